The topological polar surface area (TPSA) is 47.2 Å². The molecular weight excluding hydrogens is 1000 g/mol. The maximum Gasteiger partial charge on any atom is 0.339 e. The number of ether oxygens (including phenoxy) is 1. The first-order valence-corrected chi connectivity index (χ1v) is 18.1. The number of hydrogen-bond donors (Lipinski definition) is 0. The summed E-state index contributed by atoms with van der Waals surface area (Å²) in [5, 5.41) is 0. The summed E-state index contributed by atoms with van der Waals surface area (Å²) in [5.74, 6) is -71.8. The number of rotatable bonds is 9. The van der Waals surface area contributed by atoms with Gasteiger partial charge in [-0.1, -0.05) is 30.3 Å². The van der Waals surface area contributed by atoms with E-state index in [1.54, 1.807) is 41.2 Å². The zero-order chi connectivity index (χ0) is 48.7. The van der Waals surface area contributed by atoms with Crippen LogP contribution in [0.1, 0.15) is 20.7 Å². The van der Waals surface area contributed by atoms with Crippen LogP contribution in [0.2, 0.25) is 0 Å². The van der Waals surface area contributed by atoms with Crippen molar-refractivity contribution in [1.82, 2.24) is 0 Å². The van der Waals surface area contributed by atoms with Crippen LogP contribution in [0.15, 0.2) is 54.9 Å². The summed E-state index contributed by atoms with van der Waals surface area (Å²) in [4.78, 5) is 23.5. The number of pyridine rings is 1. The fraction of sp³-hybridized carbons (Fsp3) is 0.0513. The Bertz CT molecular complexity index is 2520. The number of alkyl halides is 1. The highest BCUT2D eigenvalue weighted by atomic mass is 79.9. The molecule has 0 unspecified atom stereocenters. The van der Waals surface area contributed by atoms with Crippen LogP contribution in [0.25, 0.3) is 0 Å². The van der Waals surface area contributed by atoms with Crippen molar-refractivity contribution in [3.05, 3.63) is 182 Å². The van der Waals surface area contributed by atoms with E-state index >= 15 is 35.1 Å². The SMILES string of the molecule is Fc1c(F)c(F)c([B-](c2c(F)c(F)c(F)c(F)c2F)(c2c(F)c(F)c(F)c(F)c2F)c2c(F)c(F)c(F)c(F)c2F)c(F)c1F.O=C(C[n+]1ccc(C(=O)OCBr)cc1)c1ccccc1. The molecule has 5 aromatic carbocycles. The Labute approximate surface area is 356 Å². The summed E-state index contributed by atoms with van der Waals surface area (Å²) in [6.45, 7) is 0.234. The third-order valence-electron chi connectivity index (χ3n) is 9.44. The lowest BCUT2D eigenvalue weighted by Gasteiger charge is -2.44. The van der Waals surface area contributed by atoms with E-state index in [-0.39, 0.29) is 17.8 Å². The van der Waals surface area contributed by atoms with Crippen molar-refractivity contribution in [1.29, 1.82) is 0 Å². The van der Waals surface area contributed by atoms with E-state index in [2.05, 4.69) is 15.9 Å². The first-order valence-electron chi connectivity index (χ1n) is 16.9. The van der Waals surface area contributed by atoms with E-state index in [4.69, 9.17) is 4.74 Å². The highest BCUT2D eigenvalue weighted by Crippen LogP contribution is 2.30. The van der Waals surface area contributed by atoms with Crippen LogP contribution in [-0.2, 0) is 11.3 Å². The van der Waals surface area contributed by atoms with Gasteiger partial charge in [0.05, 0.1) is 5.56 Å². The zero-order valence-electron chi connectivity index (χ0n) is 30.8. The Hall–Kier alpha value is -6.47. The van der Waals surface area contributed by atoms with Crippen LogP contribution in [0.4, 0.5) is 87.8 Å². The second-order valence-electron chi connectivity index (χ2n) is 12.9. The van der Waals surface area contributed by atoms with Crippen molar-refractivity contribution in [3.8, 4) is 0 Å². The number of halogens is 21. The molecule has 0 atom stereocenters. The normalized spacial score (nSPS) is 11.4. The van der Waals surface area contributed by atoms with Crippen molar-refractivity contribution < 1.29 is 107 Å². The number of benzene rings is 5. The van der Waals surface area contributed by atoms with E-state index in [0.29, 0.717) is 11.1 Å². The van der Waals surface area contributed by atoms with E-state index in [0.717, 1.165) is 0 Å². The minimum Gasteiger partial charge on any atom is -0.450 e. The van der Waals surface area contributed by atoms with Crippen molar-refractivity contribution in [3.63, 3.8) is 0 Å². The number of aromatic nitrogens is 1. The van der Waals surface area contributed by atoms with Gasteiger partial charge in [-0.3, -0.25) is 4.79 Å². The molecule has 0 fully saturated rings. The number of nitrogens with zero attached hydrogens (tertiary/aromatic N) is 1. The fourth-order valence-corrected chi connectivity index (χ4v) is 6.79. The summed E-state index contributed by atoms with van der Waals surface area (Å²) in [6, 6.07) is 12.4. The fourth-order valence-electron chi connectivity index (χ4n) is 6.59. The van der Waals surface area contributed by atoms with Gasteiger partial charge in [0, 0.05) is 17.7 Å². The minimum absolute atomic E-state index is 0.0198. The summed E-state index contributed by atoms with van der Waals surface area (Å²) < 4.78 is 300. The van der Waals surface area contributed by atoms with Gasteiger partial charge < -0.3 is 4.74 Å². The Morgan fingerprint density at radius 2 is 0.662 bits per heavy atom. The van der Waals surface area contributed by atoms with E-state index in [9.17, 15) is 62.3 Å². The third kappa shape index (κ3) is 8.26. The van der Waals surface area contributed by atoms with Crippen molar-refractivity contribution >= 4 is 55.7 Å². The lowest BCUT2D eigenvalue weighted by molar-refractivity contribution is -0.683. The second-order valence-corrected chi connectivity index (χ2v) is 13.3. The van der Waals surface area contributed by atoms with Crippen molar-refractivity contribution in [2.75, 3.05) is 5.52 Å². The van der Waals surface area contributed by atoms with Gasteiger partial charge in [0.25, 0.3) is 0 Å². The maximum absolute atomic E-state index is 15.4. The molecule has 1 aromatic heterocycles. The van der Waals surface area contributed by atoms with Gasteiger partial charge in [-0.2, -0.15) is 4.57 Å². The Morgan fingerprint density at radius 1 is 0.400 bits per heavy atom. The third-order valence-corrected chi connectivity index (χ3v) is 9.67. The molecule has 65 heavy (non-hydrogen) atoms. The van der Waals surface area contributed by atoms with Gasteiger partial charge in [-0.15, -0.1) is 21.9 Å². The highest BCUT2D eigenvalue weighted by Gasteiger charge is 2.52. The molecule has 4 nitrogen and oxygen atoms in total. The zero-order valence-corrected chi connectivity index (χ0v) is 32.4. The van der Waals surface area contributed by atoms with Crippen LogP contribution in [0.5, 0.6) is 0 Å². The largest absolute Gasteiger partial charge is 0.450 e. The molecule has 0 aliphatic heterocycles. The molecule has 0 aliphatic rings. The Balaban J connectivity index is 0.000000330. The molecule has 6 rings (SSSR count). The molecule has 0 saturated heterocycles. The molecule has 6 aromatic rings. The van der Waals surface area contributed by atoms with E-state index in [1.165, 1.54) is 0 Å². The van der Waals surface area contributed by atoms with Crippen LogP contribution in [0, 0.1) is 116 Å². The number of carbonyl (C=O) groups is 2. The molecule has 1 heterocycles. The minimum atomic E-state index is -7.22. The maximum atomic E-state index is 15.4. The molecule has 0 spiro atoms. The van der Waals surface area contributed by atoms with Gasteiger partial charge in [-0.25, -0.2) is 92.6 Å². The predicted molar refractivity (Wildman–Crippen MR) is 186 cm³/mol. The Kier molecular flexibility index (Phi) is 14.4. The lowest BCUT2D eigenvalue weighted by Crippen LogP contribution is -2.81. The van der Waals surface area contributed by atoms with Crippen molar-refractivity contribution in [2.24, 2.45) is 0 Å². The summed E-state index contributed by atoms with van der Waals surface area (Å²) in [7, 11) is 0. The first kappa shape index (κ1) is 49.5. The molecule has 0 saturated carbocycles. The van der Waals surface area contributed by atoms with Crippen molar-refractivity contribution in [2.45, 2.75) is 6.54 Å². The molecule has 0 bridgehead atoms. The van der Waals surface area contributed by atoms with Crippen LogP contribution < -0.4 is 26.4 Å². The second kappa shape index (κ2) is 18.9. The quantitative estimate of drug-likeness (QED) is 0.0215. The molecular formula is C39H13BBrF20NO3. The van der Waals surface area contributed by atoms with Gasteiger partial charge in [0.15, 0.2) is 82.2 Å². The summed E-state index contributed by atoms with van der Waals surface area (Å²) in [5.41, 5.74) is -13.0. The highest BCUT2D eigenvalue weighted by molar-refractivity contribution is 9.09. The summed E-state index contributed by atoms with van der Waals surface area (Å²) >= 11 is 3.03. The molecule has 0 N–H and O–H groups in total. The Morgan fingerprint density at radius 3 is 0.923 bits per heavy atom. The summed E-state index contributed by atoms with van der Waals surface area (Å²) in [6.07, 6.45) is -3.84. The monoisotopic (exact) mass is 1010 g/mol. The lowest BCUT2D eigenvalue weighted by atomic mass is 9.12. The number of ketones is 1. The van der Waals surface area contributed by atoms with Gasteiger partial charge in [0.2, 0.25) is 12.3 Å². The average molecular weight is 1010 g/mol. The van der Waals surface area contributed by atoms with Crippen LogP contribution in [-0.4, -0.2) is 23.4 Å². The first-order chi connectivity index (χ1) is 30.4. The molecule has 0 amide bonds. The van der Waals surface area contributed by atoms with E-state index in [1.807, 2.05) is 18.2 Å². The van der Waals surface area contributed by atoms with E-state index < -0.39 is 150 Å². The standard InChI is InChI=1S/C24BF20.C15H13BrNO3/c26-5-1(6(27)14(35)21(42)13(5)34)25(2-7(28)15(36)22(43)16(37)8(2)29,3-9(30)17(38)23(44)18(39)10(3)31)4-11(32)19(40)24(45)20(41)12(4)33;16-11-20-15(19)13-6-8-17(9-7-13)10-14(18)12-4-2-1-3-5-12/h;1-9H,10-11H2/q-1;+1. The van der Waals surface area contributed by atoms with Gasteiger partial charge >= 0.3 is 5.97 Å². The molecule has 342 valence electrons. The molecule has 26 heteroatoms. The number of hydrogen-bond acceptors (Lipinski definition) is 3. The molecule has 0 radical (unpaired) electrons. The van der Waals surface area contributed by atoms with Crippen LogP contribution >= 0.6 is 15.9 Å². The molecule has 0 aliphatic carbocycles. The van der Waals surface area contributed by atoms with Gasteiger partial charge in [0.1, 0.15) is 58.2 Å². The number of carbonyl (C=O) groups excluding carboxylic acids is 2. The predicted octanol–water partition coefficient (Wildman–Crippen LogP) is 8.21. The number of esters is 1. The smallest absolute Gasteiger partial charge is 0.339 e. The van der Waals surface area contributed by atoms with Crippen LogP contribution in [0.3, 0.4) is 0 Å². The number of Topliss-reactive ketones (excluding diaryl/α,β-unsaturated/α-hetero) is 1. The average Bonchev–Trinajstić information content (AvgIpc) is 3.29. The van der Waals surface area contributed by atoms with Gasteiger partial charge in [-0.05, 0) is 15.9 Å².